The van der Waals surface area contributed by atoms with E-state index in [-0.39, 0.29) is 12.2 Å². The molecule has 1 spiro atoms. The molecule has 3 nitrogen and oxygen atoms in total. The van der Waals surface area contributed by atoms with Gasteiger partial charge in [0.15, 0.2) is 0 Å². The van der Waals surface area contributed by atoms with Gasteiger partial charge < -0.3 is 9.64 Å². The number of hydrogen-bond donors (Lipinski definition) is 0. The van der Waals surface area contributed by atoms with Crippen LogP contribution in [0.15, 0.2) is 12.2 Å². The Labute approximate surface area is 136 Å². The minimum atomic E-state index is -0.125. The van der Waals surface area contributed by atoms with Crippen molar-refractivity contribution >= 4 is 6.09 Å². The van der Waals surface area contributed by atoms with Crippen molar-refractivity contribution in [3.05, 3.63) is 12.2 Å². The first kappa shape index (κ1) is 17.4. The first-order valence-corrected chi connectivity index (χ1v) is 9.00. The highest BCUT2D eigenvalue weighted by atomic mass is 16.6. The molecule has 1 aliphatic carbocycles. The molecule has 1 aliphatic heterocycles. The molecule has 2 rings (SSSR count). The second-order valence-electron chi connectivity index (χ2n) is 7.90. The fourth-order valence-corrected chi connectivity index (χ4v) is 4.08. The molecule has 0 aromatic carbocycles. The lowest BCUT2D eigenvalue weighted by atomic mass is 9.56. The molecule has 22 heavy (non-hydrogen) atoms. The number of likely N-dealkylation sites (tertiary alicyclic amines) is 1. The van der Waals surface area contributed by atoms with Gasteiger partial charge in [0, 0.05) is 13.1 Å². The Morgan fingerprint density at radius 1 is 1.27 bits per heavy atom. The number of carbonyl (C=O) groups excluding carboxylic acids is 1. The van der Waals surface area contributed by atoms with E-state index in [1.54, 1.807) is 0 Å². The maximum Gasteiger partial charge on any atom is 0.410 e. The van der Waals surface area contributed by atoms with E-state index >= 15 is 0 Å². The molecule has 2 fully saturated rings. The summed E-state index contributed by atoms with van der Waals surface area (Å²) in [5.41, 5.74) is 1.86. The minimum absolute atomic E-state index is 0.0179. The van der Waals surface area contributed by atoms with Gasteiger partial charge in [-0.1, -0.05) is 18.4 Å². The van der Waals surface area contributed by atoms with Crippen molar-refractivity contribution in [1.82, 2.24) is 4.90 Å². The van der Waals surface area contributed by atoms with E-state index in [0.29, 0.717) is 5.41 Å². The van der Waals surface area contributed by atoms with Crippen molar-refractivity contribution in [3.63, 3.8) is 0 Å². The van der Waals surface area contributed by atoms with Crippen molar-refractivity contribution in [2.45, 2.75) is 78.2 Å². The number of ether oxygens (including phenoxy) is 1. The van der Waals surface area contributed by atoms with Crippen LogP contribution in [0.25, 0.3) is 0 Å². The zero-order chi connectivity index (χ0) is 16.2. The standard InChI is InChI=1S/C19H33NO2/c1-15(2)7-5-6-8-17-13-19(14-17)9-11-20(12-10-19)18(21)22-16(3)4/h16-17H,1,5-14H2,2-4H3. The third-order valence-electron chi connectivity index (χ3n) is 5.33. The van der Waals surface area contributed by atoms with Gasteiger partial charge in [-0.3, -0.25) is 0 Å². The van der Waals surface area contributed by atoms with Crippen molar-refractivity contribution < 1.29 is 9.53 Å². The molecule has 0 bridgehead atoms. The van der Waals surface area contributed by atoms with Gasteiger partial charge in [-0.05, 0) is 70.6 Å². The van der Waals surface area contributed by atoms with Gasteiger partial charge >= 0.3 is 6.09 Å². The Morgan fingerprint density at radius 2 is 1.91 bits per heavy atom. The maximum absolute atomic E-state index is 11.9. The fraction of sp³-hybridized carbons (Fsp3) is 0.842. The van der Waals surface area contributed by atoms with Crippen molar-refractivity contribution in [3.8, 4) is 0 Å². The van der Waals surface area contributed by atoms with E-state index in [1.807, 2.05) is 18.7 Å². The average molecular weight is 307 g/mol. The van der Waals surface area contributed by atoms with E-state index in [9.17, 15) is 4.79 Å². The van der Waals surface area contributed by atoms with E-state index in [4.69, 9.17) is 4.74 Å². The molecule has 2 aliphatic rings. The summed E-state index contributed by atoms with van der Waals surface area (Å²) in [6, 6.07) is 0. The van der Waals surface area contributed by atoms with Gasteiger partial charge in [-0.25, -0.2) is 4.79 Å². The highest BCUT2D eigenvalue weighted by Gasteiger charge is 2.45. The largest absolute Gasteiger partial charge is 0.447 e. The van der Waals surface area contributed by atoms with Crippen LogP contribution >= 0.6 is 0 Å². The number of piperidine rings is 1. The highest BCUT2D eigenvalue weighted by Crippen LogP contribution is 2.54. The number of nitrogens with zero attached hydrogens (tertiary/aromatic N) is 1. The van der Waals surface area contributed by atoms with Gasteiger partial charge in [0.05, 0.1) is 6.10 Å². The van der Waals surface area contributed by atoms with Crippen LogP contribution in [0.5, 0.6) is 0 Å². The smallest absolute Gasteiger partial charge is 0.410 e. The molecule has 0 unspecified atom stereocenters. The average Bonchev–Trinajstić information content (AvgIpc) is 2.41. The molecule has 0 aromatic rings. The number of allylic oxidation sites excluding steroid dienone is 1. The summed E-state index contributed by atoms with van der Waals surface area (Å²) < 4.78 is 5.30. The van der Waals surface area contributed by atoms with Crippen LogP contribution in [0.3, 0.4) is 0 Å². The predicted molar refractivity (Wildman–Crippen MR) is 90.9 cm³/mol. The number of hydrogen-bond acceptors (Lipinski definition) is 2. The fourth-order valence-electron chi connectivity index (χ4n) is 4.08. The summed E-state index contributed by atoms with van der Waals surface area (Å²) in [5, 5.41) is 0. The Bertz CT molecular complexity index is 386. The first-order valence-electron chi connectivity index (χ1n) is 9.00. The summed E-state index contributed by atoms with van der Waals surface area (Å²) in [6.45, 7) is 11.7. The van der Waals surface area contributed by atoms with E-state index in [1.165, 1.54) is 56.9 Å². The summed E-state index contributed by atoms with van der Waals surface area (Å²) in [4.78, 5) is 13.8. The van der Waals surface area contributed by atoms with Crippen LogP contribution in [-0.2, 0) is 4.74 Å². The zero-order valence-electron chi connectivity index (χ0n) is 14.7. The normalized spacial score (nSPS) is 21.0. The molecule has 1 saturated carbocycles. The quantitative estimate of drug-likeness (QED) is 0.501. The summed E-state index contributed by atoms with van der Waals surface area (Å²) in [7, 11) is 0. The van der Waals surface area contributed by atoms with E-state index in [0.717, 1.165) is 19.0 Å². The Hall–Kier alpha value is -0.990. The molecule has 3 heteroatoms. The van der Waals surface area contributed by atoms with E-state index < -0.39 is 0 Å². The van der Waals surface area contributed by atoms with Gasteiger partial charge in [0.25, 0.3) is 0 Å². The Kier molecular flexibility index (Phi) is 5.94. The molecule has 1 saturated heterocycles. The van der Waals surface area contributed by atoms with Crippen molar-refractivity contribution in [1.29, 1.82) is 0 Å². The van der Waals surface area contributed by atoms with Crippen LogP contribution in [0.2, 0.25) is 0 Å². The minimum Gasteiger partial charge on any atom is -0.447 e. The first-order chi connectivity index (χ1) is 10.4. The number of amides is 1. The lowest BCUT2D eigenvalue weighted by Crippen LogP contribution is -2.49. The SMILES string of the molecule is C=C(C)CCCCC1CC2(CCN(C(=O)OC(C)C)CC2)C1. The van der Waals surface area contributed by atoms with Gasteiger partial charge in [0.2, 0.25) is 0 Å². The molecule has 1 heterocycles. The van der Waals surface area contributed by atoms with E-state index in [2.05, 4.69) is 13.5 Å². The summed E-state index contributed by atoms with van der Waals surface area (Å²) in [6.07, 6.45) is 10.2. The third kappa shape index (κ3) is 4.76. The molecule has 0 N–H and O–H groups in total. The van der Waals surface area contributed by atoms with Crippen LogP contribution in [0.4, 0.5) is 4.79 Å². The topological polar surface area (TPSA) is 29.5 Å². The Balaban J connectivity index is 1.62. The second-order valence-corrected chi connectivity index (χ2v) is 7.90. The number of unbranched alkanes of at least 4 members (excludes halogenated alkanes) is 1. The van der Waals surface area contributed by atoms with Crippen LogP contribution in [-0.4, -0.2) is 30.2 Å². The van der Waals surface area contributed by atoms with Crippen LogP contribution < -0.4 is 0 Å². The second kappa shape index (κ2) is 7.52. The van der Waals surface area contributed by atoms with Crippen molar-refractivity contribution in [2.75, 3.05) is 13.1 Å². The molecule has 1 amide bonds. The van der Waals surface area contributed by atoms with Gasteiger partial charge in [-0.15, -0.1) is 6.58 Å². The number of carbonyl (C=O) groups is 1. The van der Waals surface area contributed by atoms with Gasteiger partial charge in [-0.2, -0.15) is 0 Å². The molecule has 0 radical (unpaired) electrons. The molecular weight excluding hydrogens is 274 g/mol. The van der Waals surface area contributed by atoms with Gasteiger partial charge in [0.1, 0.15) is 0 Å². The molecule has 0 aromatic heterocycles. The molecule has 0 atom stereocenters. The monoisotopic (exact) mass is 307 g/mol. The van der Waals surface area contributed by atoms with Crippen LogP contribution in [0.1, 0.15) is 72.1 Å². The van der Waals surface area contributed by atoms with Crippen LogP contribution in [0, 0.1) is 11.3 Å². The maximum atomic E-state index is 11.9. The summed E-state index contributed by atoms with van der Waals surface area (Å²) >= 11 is 0. The molecule has 126 valence electrons. The lowest BCUT2D eigenvalue weighted by Gasteiger charge is -2.52. The Morgan fingerprint density at radius 3 is 2.45 bits per heavy atom. The highest BCUT2D eigenvalue weighted by molar-refractivity contribution is 5.67. The summed E-state index contributed by atoms with van der Waals surface area (Å²) in [5.74, 6) is 0.930. The zero-order valence-corrected chi connectivity index (χ0v) is 14.7. The third-order valence-corrected chi connectivity index (χ3v) is 5.33. The van der Waals surface area contributed by atoms with Crippen molar-refractivity contribution in [2.24, 2.45) is 11.3 Å². The lowest BCUT2D eigenvalue weighted by molar-refractivity contribution is -0.0196. The number of rotatable bonds is 6. The molecular formula is C19H33NO2. The predicted octanol–water partition coefficient (Wildman–Crippen LogP) is 5.16.